The summed E-state index contributed by atoms with van der Waals surface area (Å²) in [5.41, 5.74) is 7.38. The molecule has 1 aromatic heterocycles. The maximum atomic E-state index is 12.4. The number of aryl methyl sites for hydroxylation is 1. The zero-order chi connectivity index (χ0) is 14.9. The Morgan fingerprint density at radius 3 is 2.80 bits per heavy atom. The smallest absolute Gasteiger partial charge is 0.264 e. The Bertz CT molecular complexity index is 647. The second kappa shape index (κ2) is 5.42. The first kappa shape index (κ1) is 14.8. The number of rotatable bonds is 4. The van der Waals surface area contributed by atoms with Gasteiger partial charge in [0.2, 0.25) is 0 Å². The molecule has 108 valence electrons. The molecule has 1 amide bonds. The summed E-state index contributed by atoms with van der Waals surface area (Å²) in [6, 6.07) is 6.04. The molecule has 5 heteroatoms. The standard InChI is InChI=1S/C15H20N2O2S/c1-9-5-6-11-10(7-9)12(16)13(20-11)14(18)17-15(2,3)8-19-4/h5-7H,8,16H2,1-4H3,(H,17,18). The summed E-state index contributed by atoms with van der Waals surface area (Å²) >= 11 is 1.42. The van der Waals surface area contributed by atoms with Crippen LogP contribution in [-0.4, -0.2) is 25.2 Å². The molecular weight excluding hydrogens is 272 g/mol. The van der Waals surface area contributed by atoms with Crippen molar-refractivity contribution < 1.29 is 9.53 Å². The van der Waals surface area contributed by atoms with E-state index in [2.05, 4.69) is 5.32 Å². The van der Waals surface area contributed by atoms with Crippen LogP contribution in [0.2, 0.25) is 0 Å². The van der Waals surface area contributed by atoms with Crippen molar-refractivity contribution in [3.05, 3.63) is 28.6 Å². The highest BCUT2D eigenvalue weighted by molar-refractivity contribution is 7.21. The van der Waals surface area contributed by atoms with Crippen LogP contribution in [0.3, 0.4) is 0 Å². The van der Waals surface area contributed by atoms with E-state index in [0.717, 1.165) is 15.6 Å². The average molecular weight is 292 g/mol. The number of carbonyl (C=O) groups excluding carboxylic acids is 1. The lowest BCUT2D eigenvalue weighted by atomic mass is 10.1. The minimum Gasteiger partial charge on any atom is -0.397 e. The van der Waals surface area contributed by atoms with Gasteiger partial charge in [0.25, 0.3) is 5.91 Å². The van der Waals surface area contributed by atoms with Gasteiger partial charge in [-0.3, -0.25) is 4.79 Å². The van der Waals surface area contributed by atoms with Crippen LogP contribution in [0.5, 0.6) is 0 Å². The van der Waals surface area contributed by atoms with Crippen LogP contribution in [0.15, 0.2) is 18.2 Å². The van der Waals surface area contributed by atoms with Crippen molar-refractivity contribution in [3.8, 4) is 0 Å². The van der Waals surface area contributed by atoms with Gasteiger partial charge in [-0.15, -0.1) is 11.3 Å². The summed E-state index contributed by atoms with van der Waals surface area (Å²) in [5, 5.41) is 3.91. The molecule has 4 nitrogen and oxygen atoms in total. The summed E-state index contributed by atoms with van der Waals surface area (Å²) in [7, 11) is 1.62. The molecule has 20 heavy (non-hydrogen) atoms. The highest BCUT2D eigenvalue weighted by Gasteiger charge is 2.24. The monoisotopic (exact) mass is 292 g/mol. The molecule has 1 aromatic carbocycles. The van der Waals surface area contributed by atoms with Crippen LogP contribution >= 0.6 is 11.3 Å². The molecule has 1 heterocycles. The Hall–Kier alpha value is -1.59. The predicted molar refractivity (Wildman–Crippen MR) is 84.4 cm³/mol. The van der Waals surface area contributed by atoms with Crippen molar-refractivity contribution in [3.63, 3.8) is 0 Å². The molecule has 0 spiro atoms. The minimum atomic E-state index is -0.426. The molecule has 0 fully saturated rings. The van der Waals surface area contributed by atoms with E-state index < -0.39 is 5.54 Å². The highest BCUT2D eigenvalue weighted by Crippen LogP contribution is 2.34. The fraction of sp³-hybridized carbons (Fsp3) is 0.400. The van der Waals surface area contributed by atoms with Gasteiger partial charge in [-0.1, -0.05) is 11.6 Å². The maximum absolute atomic E-state index is 12.4. The normalized spacial score (nSPS) is 11.8. The van der Waals surface area contributed by atoms with Crippen molar-refractivity contribution in [1.29, 1.82) is 0 Å². The number of carbonyl (C=O) groups is 1. The minimum absolute atomic E-state index is 0.150. The van der Waals surface area contributed by atoms with E-state index in [1.165, 1.54) is 11.3 Å². The molecule has 0 saturated heterocycles. The van der Waals surface area contributed by atoms with Gasteiger partial charge >= 0.3 is 0 Å². The van der Waals surface area contributed by atoms with Crippen molar-refractivity contribution in [2.75, 3.05) is 19.5 Å². The van der Waals surface area contributed by atoms with Crippen LogP contribution in [-0.2, 0) is 4.74 Å². The Morgan fingerprint density at radius 2 is 2.15 bits per heavy atom. The lowest BCUT2D eigenvalue weighted by Crippen LogP contribution is -2.46. The molecule has 2 rings (SSSR count). The Kier molecular flexibility index (Phi) is 4.01. The summed E-state index contributed by atoms with van der Waals surface area (Å²) in [6.07, 6.45) is 0. The predicted octanol–water partition coefficient (Wildman–Crippen LogP) is 2.95. The van der Waals surface area contributed by atoms with Crippen LogP contribution in [0.4, 0.5) is 5.69 Å². The first-order chi connectivity index (χ1) is 9.34. The van der Waals surface area contributed by atoms with Gasteiger partial charge in [0.15, 0.2) is 0 Å². The van der Waals surface area contributed by atoms with E-state index in [-0.39, 0.29) is 5.91 Å². The van der Waals surface area contributed by atoms with E-state index in [4.69, 9.17) is 10.5 Å². The largest absolute Gasteiger partial charge is 0.397 e. The molecule has 0 aliphatic carbocycles. The number of nitrogens with two attached hydrogens (primary N) is 1. The van der Waals surface area contributed by atoms with Gasteiger partial charge in [0.1, 0.15) is 4.88 Å². The molecule has 0 radical (unpaired) electrons. The quantitative estimate of drug-likeness (QED) is 0.910. The topological polar surface area (TPSA) is 64.3 Å². The number of nitrogen functional groups attached to an aromatic ring is 1. The number of ether oxygens (including phenoxy) is 1. The third-order valence-corrected chi connectivity index (χ3v) is 4.23. The van der Waals surface area contributed by atoms with Crippen molar-refractivity contribution in [2.24, 2.45) is 0 Å². The SMILES string of the molecule is COCC(C)(C)NC(=O)c1sc2ccc(C)cc2c1N. The van der Waals surface area contributed by atoms with Crippen LogP contribution in [0, 0.1) is 6.92 Å². The number of hydrogen-bond donors (Lipinski definition) is 2. The van der Waals surface area contributed by atoms with Gasteiger partial charge in [-0.25, -0.2) is 0 Å². The van der Waals surface area contributed by atoms with E-state index >= 15 is 0 Å². The van der Waals surface area contributed by atoms with Gasteiger partial charge in [-0.05, 0) is 32.9 Å². The van der Waals surface area contributed by atoms with Gasteiger partial charge in [-0.2, -0.15) is 0 Å². The number of thiophene rings is 1. The number of anilines is 1. The van der Waals surface area contributed by atoms with Crippen LogP contribution < -0.4 is 11.1 Å². The zero-order valence-corrected chi connectivity index (χ0v) is 13.1. The molecule has 3 N–H and O–H groups in total. The summed E-state index contributed by atoms with van der Waals surface area (Å²) < 4.78 is 6.14. The first-order valence-corrected chi connectivity index (χ1v) is 7.26. The third-order valence-electron chi connectivity index (χ3n) is 3.05. The molecular formula is C15H20N2O2S. The highest BCUT2D eigenvalue weighted by atomic mass is 32.1. The first-order valence-electron chi connectivity index (χ1n) is 6.44. The number of fused-ring (bicyclic) bond motifs is 1. The Balaban J connectivity index is 2.33. The van der Waals surface area contributed by atoms with E-state index in [1.807, 2.05) is 39.0 Å². The van der Waals surface area contributed by atoms with Gasteiger partial charge in [0.05, 0.1) is 17.8 Å². The number of methoxy groups -OCH3 is 1. The number of hydrogen-bond acceptors (Lipinski definition) is 4. The summed E-state index contributed by atoms with van der Waals surface area (Å²) in [6.45, 7) is 6.30. The lowest BCUT2D eigenvalue weighted by Gasteiger charge is -2.24. The number of nitrogens with one attached hydrogen (secondary N) is 1. The van der Waals surface area contributed by atoms with Crippen molar-refractivity contribution in [2.45, 2.75) is 26.3 Å². The van der Waals surface area contributed by atoms with Crippen LogP contribution in [0.1, 0.15) is 29.1 Å². The fourth-order valence-corrected chi connectivity index (χ4v) is 3.16. The number of amides is 1. The molecule has 0 saturated carbocycles. The van der Waals surface area contributed by atoms with E-state index in [1.54, 1.807) is 7.11 Å². The lowest BCUT2D eigenvalue weighted by molar-refractivity contribution is 0.0824. The van der Waals surface area contributed by atoms with E-state index in [9.17, 15) is 4.79 Å². The fourth-order valence-electron chi connectivity index (χ4n) is 2.16. The molecule has 0 aliphatic rings. The van der Waals surface area contributed by atoms with Crippen molar-refractivity contribution >= 4 is 33.0 Å². The maximum Gasteiger partial charge on any atom is 0.264 e. The van der Waals surface area contributed by atoms with Crippen LogP contribution in [0.25, 0.3) is 10.1 Å². The molecule has 0 bridgehead atoms. The second-order valence-electron chi connectivity index (χ2n) is 5.62. The summed E-state index contributed by atoms with van der Waals surface area (Å²) in [5.74, 6) is -0.150. The number of benzene rings is 1. The van der Waals surface area contributed by atoms with Crippen molar-refractivity contribution in [1.82, 2.24) is 5.32 Å². The van der Waals surface area contributed by atoms with Gasteiger partial charge < -0.3 is 15.8 Å². The zero-order valence-electron chi connectivity index (χ0n) is 12.2. The van der Waals surface area contributed by atoms with Gasteiger partial charge in [0, 0.05) is 17.2 Å². The molecule has 0 aliphatic heterocycles. The van der Waals surface area contributed by atoms with E-state index in [0.29, 0.717) is 17.2 Å². The molecule has 0 atom stereocenters. The Morgan fingerprint density at radius 1 is 1.45 bits per heavy atom. The average Bonchev–Trinajstić information content (AvgIpc) is 2.66. The Labute approximate surface area is 122 Å². The molecule has 2 aromatic rings. The summed E-state index contributed by atoms with van der Waals surface area (Å²) in [4.78, 5) is 12.9. The molecule has 0 unspecified atom stereocenters. The third kappa shape index (κ3) is 2.94. The second-order valence-corrected chi connectivity index (χ2v) is 6.67.